The molecule has 0 aliphatic heterocycles. The number of rotatable bonds is 10. The number of ether oxygens (including phenoxy) is 2. The summed E-state index contributed by atoms with van der Waals surface area (Å²) in [5.41, 5.74) is 6.78. The minimum absolute atomic E-state index is 0.224. The number of urea groups is 1. The Morgan fingerprint density at radius 3 is 2.31 bits per heavy atom. The van der Waals surface area contributed by atoms with Crippen molar-refractivity contribution in [2.24, 2.45) is 11.7 Å². The Hall–Kier alpha value is -2.69. The van der Waals surface area contributed by atoms with Crippen LogP contribution in [0.5, 0.6) is 5.75 Å². The van der Waals surface area contributed by atoms with Gasteiger partial charge in [0.1, 0.15) is 12.4 Å². The van der Waals surface area contributed by atoms with Gasteiger partial charge in [-0.05, 0) is 23.6 Å². The maximum absolute atomic E-state index is 11.6. The molecule has 0 heterocycles. The molecule has 0 aromatic heterocycles. The smallest absolute Gasteiger partial charge is 0.377 e. The van der Waals surface area contributed by atoms with E-state index in [1.807, 2.05) is 13.8 Å². The monoisotopic (exact) mass is 370 g/mol. The summed E-state index contributed by atoms with van der Waals surface area (Å²) in [5.74, 6) is -1.78. The highest BCUT2D eigenvalue weighted by Gasteiger charge is 2.32. The largest absolute Gasteiger partial charge is 0.493 e. The number of hydroxylamine groups is 1. The van der Waals surface area contributed by atoms with Crippen molar-refractivity contribution in [1.82, 2.24) is 5.48 Å². The summed E-state index contributed by atoms with van der Waals surface area (Å²) in [6, 6.07) is 5.52. The average Bonchev–Trinajstić information content (AvgIpc) is 2.61. The number of hydrogen-bond donors (Lipinski definition) is 4. The molecule has 0 saturated carbocycles. The number of amides is 2. The third kappa shape index (κ3) is 7.47. The minimum Gasteiger partial charge on any atom is -0.493 e. The first-order valence-electron chi connectivity index (χ1n) is 7.70. The van der Waals surface area contributed by atoms with Crippen LogP contribution in [-0.2, 0) is 25.8 Å². The lowest BCUT2D eigenvalue weighted by Gasteiger charge is -2.15. The number of carbonyl (C=O) groups excluding carboxylic acids is 3. The molecule has 1 aromatic rings. The topological polar surface area (TPSA) is 157 Å². The van der Waals surface area contributed by atoms with Gasteiger partial charge in [-0.1, -0.05) is 26.0 Å². The summed E-state index contributed by atoms with van der Waals surface area (Å²) in [6.07, 6.45) is -4.43. The molecular weight excluding hydrogens is 348 g/mol. The van der Waals surface area contributed by atoms with Crippen LogP contribution in [0.15, 0.2) is 24.3 Å². The number of ketones is 1. The Morgan fingerprint density at radius 2 is 1.77 bits per heavy atom. The van der Waals surface area contributed by atoms with Crippen molar-refractivity contribution >= 4 is 17.8 Å². The fraction of sp³-hybridized carbons (Fsp3) is 0.438. The van der Waals surface area contributed by atoms with Crippen molar-refractivity contribution in [2.75, 3.05) is 6.61 Å². The number of nitrogens with one attached hydrogen (secondary N) is 1. The first-order chi connectivity index (χ1) is 12.2. The van der Waals surface area contributed by atoms with E-state index in [4.69, 9.17) is 9.47 Å². The zero-order valence-electron chi connectivity index (χ0n) is 14.4. The molecule has 0 aliphatic carbocycles. The van der Waals surface area contributed by atoms with Gasteiger partial charge in [0.25, 0.3) is 5.78 Å². The Balaban J connectivity index is 2.47. The second-order valence-electron chi connectivity index (χ2n) is 5.71. The molecule has 10 nitrogen and oxygen atoms in total. The maximum Gasteiger partial charge on any atom is 0.377 e. The third-order valence-electron chi connectivity index (χ3n) is 2.90. The number of carbonyl (C=O) groups is 3. The number of hydrogen-bond acceptors (Lipinski definition) is 8. The summed E-state index contributed by atoms with van der Waals surface area (Å²) < 4.78 is 10.3. The van der Waals surface area contributed by atoms with E-state index in [0.29, 0.717) is 23.8 Å². The molecule has 1 rings (SSSR count). The molecule has 0 bridgehead atoms. The van der Waals surface area contributed by atoms with Crippen LogP contribution in [0.3, 0.4) is 0 Å². The van der Waals surface area contributed by atoms with E-state index in [2.05, 4.69) is 10.6 Å². The van der Waals surface area contributed by atoms with Crippen LogP contribution in [0.25, 0.3) is 0 Å². The van der Waals surface area contributed by atoms with Gasteiger partial charge in [0, 0.05) is 0 Å². The summed E-state index contributed by atoms with van der Waals surface area (Å²) >= 11 is 0. The van der Waals surface area contributed by atoms with Crippen LogP contribution in [0, 0.1) is 5.92 Å². The van der Waals surface area contributed by atoms with Gasteiger partial charge in [-0.25, -0.2) is 19.9 Å². The summed E-state index contributed by atoms with van der Waals surface area (Å²) in [4.78, 5) is 37.8. The van der Waals surface area contributed by atoms with Crippen molar-refractivity contribution in [3.63, 3.8) is 0 Å². The van der Waals surface area contributed by atoms with E-state index in [9.17, 15) is 24.6 Å². The van der Waals surface area contributed by atoms with Crippen molar-refractivity contribution in [3.8, 4) is 5.75 Å². The highest BCUT2D eigenvalue weighted by atomic mass is 16.7. The highest BCUT2D eigenvalue weighted by molar-refractivity contribution is 6.35. The van der Waals surface area contributed by atoms with Gasteiger partial charge in [0.2, 0.25) is 6.29 Å². The Labute approximate surface area is 149 Å². The van der Waals surface area contributed by atoms with E-state index < -0.39 is 30.2 Å². The average molecular weight is 370 g/mol. The van der Waals surface area contributed by atoms with Gasteiger partial charge < -0.3 is 25.4 Å². The molecule has 0 spiro atoms. The maximum atomic E-state index is 11.6. The van der Waals surface area contributed by atoms with E-state index in [1.54, 1.807) is 24.3 Å². The molecule has 0 aliphatic rings. The fourth-order valence-corrected chi connectivity index (χ4v) is 1.60. The molecule has 0 saturated heterocycles. The molecule has 5 N–H and O–H groups in total. The number of aliphatic hydroxyl groups is 2. The fourth-order valence-electron chi connectivity index (χ4n) is 1.60. The van der Waals surface area contributed by atoms with Gasteiger partial charge in [-0.2, -0.15) is 0 Å². The summed E-state index contributed by atoms with van der Waals surface area (Å²) in [6.45, 7) is 4.38. The summed E-state index contributed by atoms with van der Waals surface area (Å²) in [7, 11) is 0. The van der Waals surface area contributed by atoms with Crippen LogP contribution < -0.4 is 16.0 Å². The SMILES string of the molecule is CC(C)COc1ccc(COC(=O)C(=O)C(O)C(O)ONC(N)=O)cc1. The van der Waals surface area contributed by atoms with Gasteiger partial charge in [-0.15, -0.1) is 0 Å². The zero-order valence-corrected chi connectivity index (χ0v) is 14.4. The molecule has 0 radical (unpaired) electrons. The number of Topliss-reactive ketones (excluding diaryl/α,β-unsaturated/α-hetero) is 1. The molecule has 10 heteroatoms. The van der Waals surface area contributed by atoms with Crippen molar-refractivity contribution in [3.05, 3.63) is 29.8 Å². The first-order valence-corrected chi connectivity index (χ1v) is 7.70. The zero-order chi connectivity index (χ0) is 19.7. The van der Waals surface area contributed by atoms with Crippen molar-refractivity contribution < 1.29 is 38.9 Å². The quantitative estimate of drug-likeness (QED) is 0.188. The van der Waals surface area contributed by atoms with Crippen LogP contribution in [0.4, 0.5) is 4.79 Å². The van der Waals surface area contributed by atoms with Crippen LogP contribution >= 0.6 is 0 Å². The Morgan fingerprint density at radius 1 is 1.15 bits per heavy atom. The van der Waals surface area contributed by atoms with Gasteiger partial charge >= 0.3 is 12.0 Å². The molecular formula is C16H22N2O8. The number of benzene rings is 1. The second kappa shape index (κ2) is 10.3. The number of aliphatic hydroxyl groups excluding tert-OH is 2. The standard InChI is InChI=1S/C16H22N2O8/c1-9(2)7-24-11-5-3-10(4-6-11)8-25-14(21)12(19)13(20)15(22)26-18-16(17)23/h3-6,9,13,15,20,22H,7-8H2,1-2H3,(H3,17,18,23). The third-order valence-corrected chi connectivity index (χ3v) is 2.90. The van der Waals surface area contributed by atoms with E-state index in [0.717, 1.165) is 0 Å². The normalized spacial score (nSPS) is 13.0. The molecule has 26 heavy (non-hydrogen) atoms. The van der Waals surface area contributed by atoms with Crippen LogP contribution in [-0.4, -0.2) is 47.0 Å². The molecule has 1 aromatic carbocycles. The lowest BCUT2D eigenvalue weighted by atomic mass is 10.2. The van der Waals surface area contributed by atoms with Gasteiger partial charge in [0.05, 0.1) is 6.61 Å². The highest BCUT2D eigenvalue weighted by Crippen LogP contribution is 2.14. The first kappa shape index (κ1) is 21.4. The van der Waals surface area contributed by atoms with E-state index >= 15 is 0 Å². The van der Waals surface area contributed by atoms with Crippen LogP contribution in [0.2, 0.25) is 0 Å². The predicted molar refractivity (Wildman–Crippen MR) is 87.4 cm³/mol. The van der Waals surface area contributed by atoms with E-state index in [-0.39, 0.29) is 6.61 Å². The Kier molecular flexibility index (Phi) is 8.49. The van der Waals surface area contributed by atoms with Gasteiger partial charge in [-0.3, -0.25) is 4.79 Å². The van der Waals surface area contributed by atoms with Gasteiger partial charge in [0.15, 0.2) is 6.10 Å². The summed E-state index contributed by atoms with van der Waals surface area (Å²) in [5, 5.41) is 18.8. The van der Waals surface area contributed by atoms with Crippen LogP contribution in [0.1, 0.15) is 19.4 Å². The van der Waals surface area contributed by atoms with Crippen molar-refractivity contribution in [1.29, 1.82) is 0 Å². The van der Waals surface area contributed by atoms with E-state index in [1.165, 1.54) is 5.48 Å². The van der Waals surface area contributed by atoms with Crippen molar-refractivity contribution in [2.45, 2.75) is 32.8 Å². The number of nitrogens with two attached hydrogens (primary N) is 1. The lowest BCUT2D eigenvalue weighted by Crippen LogP contribution is -2.44. The Bertz CT molecular complexity index is 617. The second-order valence-corrected chi connectivity index (χ2v) is 5.71. The predicted octanol–water partition coefficient (Wildman–Crippen LogP) is -0.387. The number of primary amides is 1. The lowest BCUT2D eigenvalue weighted by molar-refractivity contribution is -0.193. The molecule has 2 amide bonds. The molecule has 2 unspecified atom stereocenters. The number of esters is 1. The molecule has 0 fully saturated rings. The molecule has 2 atom stereocenters. The molecule has 144 valence electrons. The minimum atomic E-state index is -2.25.